The summed E-state index contributed by atoms with van der Waals surface area (Å²) in [4.78, 5) is 11.4. The van der Waals surface area contributed by atoms with E-state index in [9.17, 15) is 18.0 Å². The number of carbonyl (C=O) groups excluding carboxylic acids is 1. The highest BCUT2D eigenvalue weighted by Gasteiger charge is 2.59. The predicted octanol–water partition coefficient (Wildman–Crippen LogP) is 8.91. The van der Waals surface area contributed by atoms with Crippen LogP contribution < -0.4 is 0 Å². The highest BCUT2D eigenvalue weighted by atomic mass is 19.4. The zero-order chi connectivity index (χ0) is 26.5. The van der Waals surface area contributed by atoms with Crippen LogP contribution >= 0.6 is 0 Å². The molecule has 0 spiro atoms. The molecule has 0 heterocycles. The molecular weight excluding hydrogens is 461 g/mol. The van der Waals surface area contributed by atoms with Gasteiger partial charge in [-0.3, -0.25) is 0 Å². The molecule has 204 valence electrons. The largest absolute Gasteiger partial charge is 0.490 e. The average Bonchev–Trinajstić information content (AvgIpc) is 3.16. The first-order valence-corrected chi connectivity index (χ1v) is 14.5. The molecule has 36 heavy (non-hydrogen) atoms. The third kappa shape index (κ3) is 4.94. The Balaban J connectivity index is 1.47. The van der Waals surface area contributed by atoms with Crippen molar-refractivity contribution in [2.24, 2.45) is 52.3 Å². The molecule has 5 heteroatoms. The minimum Gasteiger partial charge on any atom is -0.455 e. The molecule has 0 N–H and O–H groups in total. The Labute approximate surface area is 216 Å². The number of alkyl halides is 3. The van der Waals surface area contributed by atoms with E-state index in [1.165, 1.54) is 37.7 Å². The maximum Gasteiger partial charge on any atom is 0.490 e. The van der Waals surface area contributed by atoms with Gasteiger partial charge in [0.2, 0.25) is 0 Å². The molecule has 4 aliphatic rings. The zero-order valence-electron chi connectivity index (χ0n) is 23.2. The van der Waals surface area contributed by atoms with Crippen molar-refractivity contribution in [2.75, 3.05) is 0 Å². The van der Waals surface area contributed by atoms with Crippen LogP contribution in [0.25, 0.3) is 0 Å². The van der Waals surface area contributed by atoms with Gasteiger partial charge in [-0.25, -0.2) is 4.79 Å². The lowest BCUT2D eigenvalue weighted by Crippen LogP contribution is -2.51. The van der Waals surface area contributed by atoms with Crippen molar-refractivity contribution >= 4 is 5.97 Å². The Bertz CT molecular complexity index is 874. The van der Waals surface area contributed by atoms with Gasteiger partial charge in [-0.2, -0.15) is 13.2 Å². The molecule has 0 aromatic heterocycles. The van der Waals surface area contributed by atoms with E-state index in [0.29, 0.717) is 47.8 Å². The summed E-state index contributed by atoms with van der Waals surface area (Å²) in [6.07, 6.45) is 10.8. The number of hydrogen-bond acceptors (Lipinski definition) is 2. The van der Waals surface area contributed by atoms with Gasteiger partial charge in [-0.05, 0) is 104 Å². The van der Waals surface area contributed by atoms with Gasteiger partial charge >= 0.3 is 12.1 Å². The van der Waals surface area contributed by atoms with Crippen LogP contribution in [0.5, 0.6) is 0 Å². The Morgan fingerprint density at radius 1 is 1.08 bits per heavy atom. The summed E-state index contributed by atoms with van der Waals surface area (Å²) in [6.45, 7) is 14.2. The van der Waals surface area contributed by atoms with Crippen LogP contribution in [0.4, 0.5) is 13.2 Å². The van der Waals surface area contributed by atoms with Crippen LogP contribution in [-0.2, 0) is 9.53 Å². The number of hydrogen-bond donors (Lipinski definition) is 0. The van der Waals surface area contributed by atoms with E-state index < -0.39 is 18.2 Å². The van der Waals surface area contributed by atoms with Crippen LogP contribution in [-0.4, -0.2) is 18.2 Å². The van der Waals surface area contributed by atoms with Gasteiger partial charge in [0.05, 0.1) is 0 Å². The number of rotatable bonds is 6. The van der Waals surface area contributed by atoms with E-state index in [1.807, 2.05) is 0 Å². The molecule has 9 unspecified atom stereocenters. The molecule has 3 saturated carbocycles. The lowest BCUT2D eigenvalue weighted by molar-refractivity contribution is -0.206. The predicted molar refractivity (Wildman–Crippen MR) is 138 cm³/mol. The van der Waals surface area contributed by atoms with Gasteiger partial charge in [-0.1, -0.05) is 65.3 Å². The standard InChI is InChI=1S/C31H47F3O2/c1-7-21(19(2)3)9-8-20(4)25-12-13-26-24-11-10-22-18-23(36-28(35)31(32,33)34)14-16-29(22,5)27(24)15-17-30(25,26)6/h8-10,19-21,23-27H,7,11-18H2,1-6H3. The first kappa shape index (κ1) is 27.8. The van der Waals surface area contributed by atoms with E-state index in [1.54, 1.807) is 0 Å². The molecule has 0 bridgehead atoms. The highest BCUT2D eigenvalue weighted by Crippen LogP contribution is 2.67. The van der Waals surface area contributed by atoms with E-state index in [4.69, 9.17) is 4.74 Å². The minimum atomic E-state index is -4.92. The van der Waals surface area contributed by atoms with Gasteiger partial charge in [0, 0.05) is 6.42 Å². The molecule has 0 aromatic rings. The first-order chi connectivity index (χ1) is 16.8. The van der Waals surface area contributed by atoms with Gasteiger partial charge in [0.15, 0.2) is 0 Å². The van der Waals surface area contributed by atoms with Crippen molar-refractivity contribution in [3.05, 3.63) is 23.8 Å². The van der Waals surface area contributed by atoms with Crippen molar-refractivity contribution in [3.63, 3.8) is 0 Å². The van der Waals surface area contributed by atoms with Gasteiger partial charge in [0.1, 0.15) is 6.10 Å². The van der Waals surface area contributed by atoms with Crippen molar-refractivity contribution in [2.45, 2.75) is 112 Å². The summed E-state index contributed by atoms with van der Waals surface area (Å²) in [6, 6.07) is 0. The fourth-order valence-corrected chi connectivity index (χ4v) is 9.13. The van der Waals surface area contributed by atoms with Crippen LogP contribution in [0, 0.1) is 52.3 Å². The molecular formula is C31H47F3O2. The van der Waals surface area contributed by atoms with Crippen LogP contribution in [0.3, 0.4) is 0 Å². The van der Waals surface area contributed by atoms with Crippen LogP contribution in [0.1, 0.15) is 99.3 Å². The molecule has 0 aromatic carbocycles. The Morgan fingerprint density at radius 2 is 1.81 bits per heavy atom. The summed E-state index contributed by atoms with van der Waals surface area (Å²) in [5.74, 6) is 2.57. The number of allylic oxidation sites excluding steroid dienone is 3. The Morgan fingerprint density at radius 3 is 2.44 bits per heavy atom. The number of esters is 1. The molecule has 9 atom stereocenters. The Kier molecular flexibility index (Phi) is 7.82. The number of halogens is 3. The van der Waals surface area contributed by atoms with Crippen molar-refractivity contribution < 1.29 is 22.7 Å². The summed E-state index contributed by atoms with van der Waals surface area (Å²) in [5.41, 5.74) is 1.63. The van der Waals surface area contributed by atoms with Gasteiger partial charge < -0.3 is 4.74 Å². The molecule has 0 saturated heterocycles. The summed E-state index contributed by atoms with van der Waals surface area (Å²) in [7, 11) is 0. The number of fused-ring (bicyclic) bond motifs is 5. The van der Waals surface area contributed by atoms with E-state index in [2.05, 4.69) is 59.8 Å². The normalized spacial score (nSPS) is 40.3. The summed E-state index contributed by atoms with van der Waals surface area (Å²) < 4.78 is 43.1. The summed E-state index contributed by atoms with van der Waals surface area (Å²) >= 11 is 0. The molecule has 3 fully saturated rings. The van der Waals surface area contributed by atoms with Crippen molar-refractivity contribution in [1.29, 1.82) is 0 Å². The van der Waals surface area contributed by atoms with Crippen LogP contribution in [0.2, 0.25) is 0 Å². The van der Waals surface area contributed by atoms with Crippen molar-refractivity contribution in [1.82, 2.24) is 0 Å². The van der Waals surface area contributed by atoms with E-state index >= 15 is 0 Å². The number of carbonyl (C=O) groups is 1. The SMILES string of the molecule is CCC(C=CC(C)C1CCC2C3CC=C4CC(OC(=O)C(F)(F)F)CCC4(C)C3CCC12C)C(C)C. The second-order valence-electron chi connectivity index (χ2n) is 13.3. The van der Waals surface area contributed by atoms with Gasteiger partial charge in [-0.15, -0.1) is 0 Å². The smallest absolute Gasteiger partial charge is 0.455 e. The lowest BCUT2D eigenvalue weighted by Gasteiger charge is -2.58. The third-order valence-electron chi connectivity index (χ3n) is 11.3. The maximum atomic E-state index is 12.7. The topological polar surface area (TPSA) is 26.3 Å². The average molecular weight is 509 g/mol. The fourth-order valence-electron chi connectivity index (χ4n) is 9.13. The summed E-state index contributed by atoms with van der Waals surface area (Å²) in [5, 5.41) is 0. The van der Waals surface area contributed by atoms with Crippen molar-refractivity contribution in [3.8, 4) is 0 Å². The quantitative estimate of drug-likeness (QED) is 0.264. The highest BCUT2D eigenvalue weighted by molar-refractivity contribution is 5.75. The minimum absolute atomic E-state index is 0.0284. The third-order valence-corrected chi connectivity index (χ3v) is 11.3. The fraction of sp³-hybridized carbons (Fsp3) is 0.839. The second kappa shape index (κ2) is 10.1. The molecule has 0 radical (unpaired) electrons. The lowest BCUT2D eigenvalue weighted by atomic mass is 9.47. The van der Waals surface area contributed by atoms with E-state index in [-0.39, 0.29) is 5.41 Å². The van der Waals surface area contributed by atoms with Crippen LogP contribution in [0.15, 0.2) is 23.8 Å². The van der Waals surface area contributed by atoms with E-state index in [0.717, 1.165) is 24.7 Å². The zero-order valence-corrected chi connectivity index (χ0v) is 23.2. The second-order valence-corrected chi connectivity index (χ2v) is 13.3. The molecule has 0 amide bonds. The molecule has 2 nitrogen and oxygen atoms in total. The monoisotopic (exact) mass is 508 g/mol. The molecule has 4 aliphatic carbocycles. The van der Waals surface area contributed by atoms with Gasteiger partial charge in [0.25, 0.3) is 0 Å². The number of ether oxygens (including phenoxy) is 1. The molecule has 4 rings (SSSR count). The Hall–Kier alpha value is -1.26. The maximum absolute atomic E-state index is 12.7. The molecule has 0 aliphatic heterocycles. The first-order valence-electron chi connectivity index (χ1n) is 14.5.